The summed E-state index contributed by atoms with van der Waals surface area (Å²) in [5, 5.41) is 9.20. The molecular weight excluding hydrogens is 414 g/mol. The first kappa shape index (κ1) is 27.7. The summed E-state index contributed by atoms with van der Waals surface area (Å²) >= 11 is 0. The van der Waals surface area contributed by atoms with E-state index in [2.05, 4.69) is 6.92 Å². The molecule has 8 heteroatoms. The van der Waals surface area contributed by atoms with Crippen LogP contribution in [0.2, 0.25) is 0 Å². The molecule has 0 radical (unpaired) electrons. The van der Waals surface area contributed by atoms with Crippen molar-refractivity contribution in [3.63, 3.8) is 0 Å². The summed E-state index contributed by atoms with van der Waals surface area (Å²) in [6.45, 7) is 8.97. The van der Waals surface area contributed by atoms with E-state index in [1.807, 2.05) is 19.1 Å². The first-order chi connectivity index (χ1) is 15.5. The molecule has 1 unspecified atom stereocenters. The van der Waals surface area contributed by atoms with Gasteiger partial charge in [-0.1, -0.05) is 38.8 Å². The van der Waals surface area contributed by atoms with Gasteiger partial charge in [0.05, 0.1) is 19.8 Å². The Morgan fingerprint density at radius 1 is 0.938 bits per heavy atom. The summed E-state index contributed by atoms with van der Waals surface area (Å²) in [7, 11) is 0. The Morgan fingerprint density at radius 3 is 2.22 bits per heavy atom. The molecular formula is C24H39NO7. The number of unbranched alkanes of at least 4 members (excludes halogenated alkanes) is 2. The van der Waals surface area contributed by atoms with Gasteiger partial charge in [0.25, 0.3) is 0 Å². The van der Waals surface area contributed by atoms with Gasteiger partial charge in [0, 0.05) is 26.2 Å². The van der Waals surface area contributed by atoms with E-state index in [9.17, 15) is 14.7 Å². The third-order valence-electron chi connectivity index (χ3n) is 4.75. The van der Waals surface area contributed by atoms with E-state index in [-0.39, 0.29) is 6.09 Å². The predicted octanol–water partition coefficient (Wildman–Crippen LogP) is 4.15. The number of hydrogen-bond acceptors (Lipinski definition) is 6. The Morgan fingerprint density at radius 2 is 1.59 bits per heavy atom. The smallest absolute Gasteiger partial charge is 0.409 e. The average molecular weight is 454 g/mol. The lowest BCUT2D eigenvalue weighted by molar-refractivity contribution is -0.149. The molecule has 0 fully saturated rings. The molecule has 0 aliphatic rings. The number of aliphatic carboxylic acids is 1. The maximum Gasteiger partial charge on any atom is 0.409 e. The Kier molecular flexibility index (Phi) is 14.9. The molecule has 8 nitrogen and oxygen atoms in total. The number of carboxylic acid groups (broad SMARTS) is 1. The average Bonchev–Trinajstić information content (AvgIpc) is 2.78. The minimum atomic E-state index is -0.975. The van der Waals surface area contributed by atoms with Crippen LogP contribution in [0, 0.1) is 0 Å². The molecule has 1 rings (SSSR count). The quantitative estimate of drug-likeness (QED) is 0.334. The summed E-state index contributed by atoms with van der Waals surface area (Å²) in [6.07, 6.45) is 2.94. The molecule has 1 N–H and O–H groups in total. The zero-order valence-electron chi connectivity index (χ0n) is 19.7. The molecule has 0 aliphatic carbocycles. The van der Waals surface area contributed by atoms with Crippen LogP contribution in [0.5, 0.6) is 5.75 Å². The second-order valence-corrected chi connectivity index (χ2v) is 7.40. The number of ether oxygens (including phenoxy) is 4. The highest BCUT2D eigenvalue weighted by molar-refractivity contribution is 5.72. The number of nitrogens with zero attached hydrogens (tertiary/aromatic N) is 1. The lowest BCUT2D eigenvalue weighted by Gasteiger charge is -2.22. The summed E-state index contributed by atoms with van der Waals surface area (Å²) in [5.41, 5.74) is 0.851. The van der Waals surface area contributed by atoms with Crippen LogP contribution >= 0.6 is 0 Å². The van der Waals surface area contributed by atoms with E-state index in [0.29, 0.717) is 58.3 Å². The first-order valence-corrected chi connectivity index (χ1v) is 11.6. The molecule has 0 aromatic heterocycles. The van der Waals surface area contributed by atoms with Crippen LogP contribution < -0.4 is 4.74 Å². The highest BCUT2D eigenvalue weighted by atomic mass is 16.6. The van der Waals surface area contributed by atoms with Crippen molar-refractivity contribution in [2.24, 2.45) is 0 Å². The molecule has 1 atom stereocenters. The molecule has 32 heavy (non-hydrogen) atoms. The molecule has 0 bridgehead atoms. The van der Waals surface area contributed by atoms with Gasteiger partial charge in [-0.3, -0.25) is 0 Å². The number of rotatable bonds is 18. The maximum absolute atomic E-state index is 12.4. The van der Waals surface area contributed by atoms with Crippen molar-refractivity contribution in [1.82, 2.24) is 4.90 Å². The van der Waals surface area contributed by atoms with Crippen LogP contribution in [0.25, 0.3) is 0 Å². The molecule has 1 amide bonds. The van der Waals surface area contributed by atoms with E-state index in [4.69, 9.17) is 18.9 Å². The predicted molar refractivity (Wildman–Crippen MR) is 122 cm³/mol. The second kappa shape index (κ2) is 17.3. The number of carbonyl (C=O) groups excluding carboxylic acids is 1. The Bertz CT molecular complexity index is 636. The van der Waals surface area contributed by atoms with Crippen molar-refractivity contribution in [2.75, 3.05) is 46.1 Å². The third kappa shape index (κ3) is 11.9. The van der Waals surface area contributed by atoms with Crippen LogP contribution in [0.4, 0.5) is 4.79 Å². The van der Waals surface area contributed by atoms with Gasteiger partial charge in [0.2, 0.25) is 0 Å². The lowest BCUT2D eigenvalue weighted by atomic mass is 10.1. The summed E-state index contributed by atoms with van der Waals surface area (Å²) in [4.78, 5) is 25.2. The number of hydrogen-bond donors (Lipinski definition) is 1. The third-order valence-corrected chi connectivity index (χ3v) is 4.75. The molecule has 1 aromatic carbocycles. The van der Waals surface area contributed by atoms with E-state index >= 15 is 0 Å². The van der Waals surface area contributed by atoms with Crippen LogP contribution in [0.15, 0.2) is 24.3 Å². The molecule has 0 aliphatic heterocycles. The van der Waals surface area contributed by atoms with Gasteiger partial charge in [0.15, 0.2) is 6.10 Å². The van der Waals surface area contributed by atoms with Gasteiger partial charge in [0.1, 0.15) is 12.4 Å². The van der Waals surface area contributed by atoms with Crippen molar-refractivity contribution in [2.45, 2.75) is 59.0 Å². The van der Waals surface area contributed by atoms with E-state index in [1.165, 1.54) is 0 Å². The van der Waals surface area contributed by atoms with Crippen LogP contribution in [-0.2, 0) is 25.4 Å². The monoisotopic (exact) mass is 453 g/mol. The van der Waals surface area contributed by atoms with Crippen LogP contribution in [0.3, 0.4) is 0 Å². The van der Waals surface area contributed by atoms with E-state index in [1.54, 1.807) is 24.0 Å². The largest absolute Gasteiger partial charge is 0.492 e. The van der Waals surface area contributed by atoms with Crippen LogP contribution in [0.1, 0.15) is 52.0 Å². The SMILES string of the molecule is CCCCOCCN(CCOc1ccc(CC(OCC)C(=O)O)cc1)C(=O)OCCCC. The van der Waals surface area contributed by atoms with Crippen LogP contribution in [-0.4, -0.2) is 74.3 Å². The standard InChI is InChI=1S/C24H39NO7/c1-4-7-15-29-17-13-25(24(28)32-16-8-5-2)14-18-31-21-11-9-20(10-12-21)19-22(23(26)27)30-6-3/h9-12,22H,4-8,13-19H2,1-3H3,(H,26,27). The highest BCUT2D eigenvalue weighted by Gasteiger charge is 2.18. The number of carbonyl (C=O) groups is 2. The van der Waals surface area contributed by atoms with Gasteiger partial charge < -0.3 is 29.0 Å². The van der Waals surface area contributed by atoms with Crippen molar-refractivity contribution in [1.29, 1.82) is 0 Å². The maximum atomic E-state index is 12.4. The van der Waals surface area contributed by atoms with Gasteiger partial charge in [-0.05, 0) is 37.5 Å². The van der Waals surface area contributed by atoms with Crippen molar-refractivity contribution in [3.8, 4) is 5.75 Å². The number of carboxylic acids is 1. The number of amides is 1. The summed E-state index contributed by atoms with van der Waals surface area (Å²) < 4.78 is 21.9. The molecule has 0 spiro atoms. The Balaban J connectivity index is 2.52. The Hall–Kier alpha value is -2.32. The Labute approximate surface area is 191 Å². The van der Waals surface area contributed by atoms with Gasteiger partial charge in [-0.25, -0.2) is 9.59 Å². The van der Waals surface area contributed by atoms with Crippen molar-refractivity contribution >= 4 is 12.1 Å². The van der Waals surface area contributed by atoms with Gasteiger partial charge in [-0.15, -0.1) is 0 Å². The first-order valence-electron chi connectivity index (χ1n) is 11.6. The molecule has 0 saturated heterocycles. The van der Waals surface area contributed by atoms with Crippen molar-refractivity contribution < 1.29 is 33.6 Å². The molecule has 1 aromatic rings. The minimum Gasteiger partial charge on any atom is -0.492 e. The van der Waals surface area contributed by atoms with Gasteiger partial charge in [-0.2, -0.15) is 0 Å². The lowest BCUT2D eigenvalue weighted by Crippen LogP contribution is -2.37. The second-order valence-electron chi connectivity index (χ2n) is 7.40. The molecule has 0 saturated carbocycles. The van der Waals surface area contributed by atoms with Crippen molar-refractivity contribution in [3.05, 3.63) is 29.8 Å². The molecule has 182 valence electrons. The summed E-state index contributed by atoms with van der Waals surface area (Å²) in [6, 6.07) is 7.22. The molecule has 0 heterocycles. The fourth-order valence-corrected chi connectivity index (χ4v) is 2.84. The zero-order valence-corrected chi connectivity index (χ0v) is 19.7. The normalized spacial score (nSPS) is 11.7. The minimum absolute atomic E-state index is 0.291. The zero-order chi connectivity index (χ0) is 23.6. The van der Waals surface area contributed by atoms with E-state index < -0.39 is 12.1 Å². The highest BCUT2D eigenvalue weighted by Crippen LogP contribution is 2.15. The fourth-order valence-electron chi connectivity index (χ4n) is 2.84. The topological polar surface area (TPSA) is 94.5 Å². The summed E-state index contributed by atoms with van der Waals surface area (Å²) in [5.74, 6) is -0.327. The van der Waals surface area contributed by atoms with E-state index in [0.717, 1.165) is 31.2 Å². The fraction of sp³-hybridized carbons (Fsp3) is 0.667. The van der Waals surface area contributed by atoms with Gasteiger partial charge >= 0.3 is 12.1 Å². The number of benzene rings is 1.